The summed E-state index contributed by atoms with van der Waals surface area (Å²) in [6, 6.07) is 16.8. The Morgan fingerprint density at radius 2 is 1.83 bits per heavy atom. The lowest BCUT2D eigenvalue weighted by Crippen LogP contribution is -1.96. The largest absolute Gasteiger partial charge is 0.457 e. The molecule has 4 aromatic rings. The van der Waals surface area contributed by atoms with Crippen molar-refractivity contribution in [2.24, 2.45) is 7.05 Å². The molecule has 2 heterocycles. The monoisotopic (exact) mass is 506 g/mol. The topological polar surface area (TPSA) is 86.1 Å². The maximum absolute atomic E-state index is 11.7. The Morgan fingerprint density at radius 3 is 2.42 bits per heavy atom. The molecule has 7 nitrogen and oxygen atoms in total. The summed E-state index contributed by atoms with van der Waals surface area (Å²) in [5.41, 5.74) is 3.10. The molecule has 5 rings (SSSR count). The Balaban J connectivity index is 0.000000231. The van der Waals surface area contributed by atoms with Gasteiger partial charge in [-0.15, -0.1) is 0 Å². The quantitative estimate of drug-likeness (QED) is 0.316. The molecule has 0 amide bonds. The van der Waals surface area contributed by atoms with Gasteiger partial charge in [0.1, 0.15) is 23.6 Å². The van der Waals surface area contributed by atoms with Crippen LogP contribution in [0.1, 0.15) is 43.9 Å². The van der Waals surface area contributed by atoms with Crippen LogP contribution in [0.25, 0.3) is 10.9 Å². The van der Waals surface area contributed by atoms with E-state index in [1.54, 1.807) is 18.5 Å². The molecule has 0 bridgehead atoms. The fraction of sp³-hybridized carbons (Fsp3) is 0.321. The molecule has 2 aromatic heterocycles. The normalized spacial score (nSPS) is 13.0. The van der Waals surface area contributed by atoms with Crippen molar-refractivity contribution in [2.75, 3.05) is 18.6 Å². The summed E-state index contributed by atoms with van der Waals surface area (Å²) in [7, 11) is 2.85. The van der Waals surface area contributed by atoms with Gasteiger partial charge in [-0.25, -0.2) is 0 Å². The number of aromatic nitrogens is 3. The van der Waals surface area contributed by atoms with E-state index in [-0.39, 0.29) is 0 Å². The van der Waals surface area contributed by atoms with E-state index in [2.05, 4.69) is 21.5 Å². The van der Waals surface area contributed by atoms with Gasteiger partial charge in [0.25, 0.3) is 0 Å². The molecule has 1 saturated carbocycles. The lowest BCUT2D eigenvalue weighted by atomic mass is 10.1. The highest BCUT2D eigenvalue weighted by atomic mass is 32.2. The molecule has 1 aliphatic rings. The van der Waals surface area contributed by atoms with Crippen LogP contribution in [0.15, 0.2) is 65.7 Å². The van der Waals surface area contributed by atoms with Crippen LogP contribution >= 0.6 is 0 Å². The average molecular weight is 507 g/mol. The number of carbonyl (C=O) groups excluding carboxylic acids is 1. The number of nitrogens with zero attached hydrogens (tertiary/aromatic N) is 3. The zero-order chi connectivity index (χ0) is 26.1. The van der Waals surface area contributed by atoms with Crippen LogP contribution in [0.3, 0.4) is 0 Å². The molecule has 1 unspecified atom stereocenters. The molecule has 1 atom stereocenters. The van der Waals surface area contributed by atoms with Gasteiger partial charge in [-0.3, -0.25) is 13.9 Å². The van der Waals surface area contributed by atoms with Gasteiger partial charge < -0.3 is 14.8 Å². The molecule has 190 valence electrons. The predicted octanol–water partition coefficient (Wildman–Crippen LogP) is 5.87. The molecule has 0 radical (unpaired) electrons. The highest BCUT2D eigenvalue weighted by molar-refractivity contribution is 7.84. The molecule has 1 aliphatic carbocycles. The smallest absolute Gasteiger partial charge is 0.148 e. The van der Waals surface area contributed by atoms with Crippen LogP contribution in [-0.4, -0.2) is 38.6 Å². The Kier molecular flexibility index (Phi) is 9.76. The SMILES string of the molecule is CC.CNc1cc(C2CC2)n(C)n1.CS(=O)c1ccc2nccc(Oc3ccc(CC=O)cc3)c2c1. The summed E-state index contributed by atoms with van der Waals surface area (Å²) in [6.45, 7) is 4.00. The van der Waals surface area contributed by atoms with Crippen LogP contribution in [0.4, 0.5) is 5.82 Å². The number of carbonyl (C=O) groups is 1. The molecule has 0 spiro atoms. The number of nitrogens with one attached hydrogen (secondary N) is 1. The molecule has 36 heavy (non-hydrogen) atoms. The highest BCUT2D eigenvalue weighted by Crippen LogP contribution is 2.40. The van der Waals surface area contributed by atoms with Gasteiger partial charge in [-0.1, -0.05) is 26.0 Å². The minimum Gasteiger partial charge on any atom is -0.457 e. The molecule has 0 saturated heterocycles. The number of aldehydes is 1. The van der Waals surface area contributed by atoms with E-state index in [1.165, 1.54) is 18.5 Å². The predicted molar refractivity (Wildman–Crippen MR) is 146 cm³/mol. The first kappa shape index (κ1) is 27.1. The average Bonchev–Trinajstić information content (AvgIpc) is 3.68. The summed E-state index contributed by atoms with van der Waals surface area (Å²) in [5.74, 6) is 3.10. The van der Waals surface area contributed by atoms with E-state index in [1.807, 2.05) is 75.1 Å². The van der Waals surface area contributed by atoms with Crippen LogP contribution in [0, 0.1) is 0 Å². The highest BCUT2D eigenvalue weighted by Gasteiger charge is 2.26. The van der Waals surface area contributed by atoms with Crippen molar-refractivity contribution in [3.8, 4) is 11.5 Å². The van der Waals surface area contributed by atoms with Gasteiger partial charge in [0.05, 0.1) is 5.52 Å². The number of rotatable bonds is 7. The Labute approximate surface area is 215 Å². The van der Waals surface area contributed by atoms with Crippen molar-refractivity contribution in [1.82, 2.24) is 14.8 Å². The van der Waals surface area contributed by atoms with Gasteiger partial charge in [0.15, 0.2) is 0 Å². The first-order valence-electron chi connectivity index (χ1n) is 12.1. The van der Waals surface area contributed by atoms with Crippen molar-refractivity contribution in [1.29, 1.82) is 0 Å². The molecule has 1 N–H and O–H groups in total. The van der Waals surface area contributed by atoms with E-state index in [9.17, 15) is 9.00 Å². The molecule has 8 heteroatoms. The molecule has 0 aliphatic heterocycles. The van der Waals surface area contributed by atoms with Gasteiger partial charge in [0.2, 0.25) is 0 Å². The zero-order valence-corrected chi connectivity index (χ0v) is 22.3. The van der Waals surface area contributed by atoms with Crippen molar-refractivity contribution in [3.63, 3.8) is 0 Å². The molecule has 1 fully saturated rings. The lowest BCUT2D eigenvalue weighted by molar-refractivity contribution is -0.107. The number of hydrogen-bond acceptors (Lipinski definition) is 6. The number of benzene rings is 2. The second kappa shape index (κ2) is 13.0. The standard InChI is InChI=1S/C18H15NO3S.C8H13N3.C2H6/c1-23(21)15-6-7-17-16(12-15)18(8-10-19-17)22-14-4-2-13(3-5-14)9-11-20;1-9-8-5-7(6-3-4-6)11(2)10-8;1-2/h2-8,10-12H,9H2,1H3;5-6H,3-4H2,1-2H3,(H,9,10);1-2H3. The summed E-state index contributed by atoms with van der Waals surface area (Å²) in [6.07, 6.45) is 7.26. The summed E-state index contributed by atoms with van der Waals surface area (Å²) >= 11 is 0. The van der Waals surface area contributed by atoms with E-state index in [0.717, 1.165) is 39.4 Å². The second-order valence-corrected chi connectivity index (χ2v) is 9.54. The van der Waals surface area contributed by atoms with Crippen molar-refractivity contribution in [3.05, 3.63) is 72.1 Å². The van der Waals surface area contributed by atoms with Gasteiger partial charge >= 0.3 is 0 Å². The summed E-state index contributed by atoms with van der Waals surface area (Å²) in [5, 5.41) is 8.15. The zero-order valence-electron chi connectivity index (χ0n) is 21.5. The first-order valence-corrected chi connectivity index (χ1v) is 13.7. The van der Waals surface area contributed by atoms with Gasteiger partial charge in [-0.2, -0.15) is 5.10 Å². The Morgan fingerprint density at radius 1 is 1.11 bits per heavy atom. The fourth-order valence-corrected chi connectivity index (χ4v) is 4.19. The van der Waals surface area contributed by atoms with Crippen molar-refractivity contribution >= 4 is 33.8 Å². The maximum Gasteiger partial charge on any atom is 0.148 e. The van der Waals surface area contributed by atoms with E-state index in [0.29, 0.717) is 17.9 Å². The van der Waals surface area contributed by atoms with Gasteiger partial charge in [-0.05, 0) is 54.8 Å². The molecule has 2 aromatic carbocycles. The van der Waals surface area contributed by atoms with Crippen LogP contribution in [0.2, 0.25) is 0 Å². The number of hydrogen-bond donors (Lipinski definition) is 1. The van der Waals surface area contributed by atoms with E-state index in [4.69, 9.17) is 4.74 Å². The minimum atomic E-state index is -1.06. The number of ether oxygens (including phenoxy) is 1. The third-order valence-corrected chi connectivity index (χ3v) is 6.56. The van der Waals surface area contributed by atoms with Crippen LogP contribution in [-0.2, 0) is 29.1 Å². The molecular weight excluding hydrogens is 472 g/mol. The number of aryl methyl sites for hydroxylation is 1. The van der Waals surface area contributed by atoms with E-state index >= 15 is 0 Å². The first-order chi connectivity index (χ1) is 17.5. The third-order valence-electron chi connectivity index (χ3n) is 5.64. The third kappa shape index (κ3) is 7.01. The Bertz CT molecular complexity index is 1310. The van der Waals surface area contributed by atoms with E-state index < -0.39 is 10.8 Å². The number of anilines is 1. The summed E-state index contributed by atoms with van der Waals surface area (Å²) < 4.78 is 19.6. The lowest BCUT2D eigenvalue weighted by Gasteiger charge is -2.10. The summed E-state index contributed by atoms with van der Waals surface area (Å²) in [4.78, 5) is 15.6. The number of pyridine rings is 1. The second-order valence-electron chi connectivity index (χ2n) is 8.16. The van der Waals surface area contributed by atoms with Crippen molar-refractivity contribution < 1.29 is 13.7 Å². The molecular formula is C28H34N4O3S. The van der Waals surface area contributed by atoms with Gasteiger partial charge in [0, 0.05) is 71.7 Å². The maximum atomic E-state index is 11.7. The number of fused-ring (bicyclic) bond motifs is 1. The Hall–Kier alpha value is -3.52. The van der Waals surface area contributed by atoms with Crippen molar-refractivity contribution in [2.45, 2.75) is 43.9 Å². The van der Waals surface area contributed by atoms with Crippen LogP contribution < -0.4 is 10.1 Å². The fourth-order valence-electron chi connectivity index (χ4n) is 3.65. The minimum absolute atomic E-state index is 0.393. The van der Waals surface area contributed by atoms with Crippen LogP contribution in [0.5, 0.6) is 11.5 Å².